The first-order valence-corrected chi connectivity index (χ1v) is 12.3. The highest BCUT2D eigenvalue weighted by Crippen LogP contribution is 2.43. The number of morpholine rings is 1. The monoisotopic (exact) mass is 474 g/mol. The summed E-state index contributed by atoms with van der Waals surface area (Å²) in [5, 5.41) is 1.11. The van der Waals surface area contributed by atoms with Crippen molar-refractivity contribution >= 4 is 22.7 Å². The van der Waals surface area contributed by atoms with E-state index in [4.69, 9.17) is 9.47 Å². The Morgan fingerprint density at radius 3 is 2.71 bits per heavy atom. The number of nitrogens with one attached hydrogen (secondary N) is 1. The summed E-state index contributed by atoms with van der Waals surface area (Å²) in [5.41, 5.74) is 4.06. The zero-order valence-corrected chi connectivity index (χ0v) is 19.9. The van der Waals surface area contributed by atoms with Crippen molar-refractivity contribution in [2.24, 2.45) is 0 Å². The third kappa shape index (κ3) is 3.86. The molecule has 2 saturated heterocycles. The van der Waals surface area contributed by atoms with E-state index in [9.17, 15) is 9.59 Å². The lowest BCUT2D eigenvalue weighted by Crippen LogP contribution is -2.63. The summed E-state index contributed by atoms with van der Waals surface area (Å²) >= 11 is 0. The molecule has 6 rings (SSSR count). The van der Waals surface area contributed by atoms with Crippen molar-refractivity contribution in [3.05, 3.63) is 65.4 Å². The molecule has 0 radical (unpaired) electrons. The van der Waals surface area contributed by atoms with Crippen molar-refractivity contribution < 1.29 is 19.1 Å². The van der Waals surface area contributed by atoms with E-state index < -0.39 is 6.04 Å². The maximum absolute atomic E-state index is 13.8. The number of hydrogen-bond acceptors (Lipinski definition) is 5. The van der Waals surface area contributed by atoms with Gasteiger partial charge in [0.1, 0.15) is 11.8 Å². The van der Waals surface area contributed by atoms with Gasteiger partial charge in [-0.25, -0.2) is 0 Å². The van der Waals surface area contributed by atoms with E-state index >= 15 is 0 Å². The number of fused-ring (bicyclic) bond motifs is 4. The van der Waals surface area contributed by atoms with Gasteiger partial charge in [-0.1, -0.05) is 30.3 Å². The molecule has 3 aromatic rings. The lowest BCUT2D eigenvalue weighted by Gasteiger charge is -2.47. The van der Waals surface area contributed by atoms with Crippen LogP contribution in [0.15, 0.2) is 48.5 Å². The van der Waals surface area contributed by atoms with Crippen LogP contribution in [0, 0.1) is 0 Å². The van der Waals surface area contributed by atoms with Gasteiger partial charge in [0.15, 0.2) is 0 Å². The Labute approximate surface area is 204 Å². The molecule has 8 heteroatoms. The van der Waals surface area contributed by atoms with Gasteiger partial charge in [-0.2, -0.15) is 0 Å². The maximum atomic E-state index is 13.8. The first-order chi connectivity index (χ1) is 17.1. The Morgan fingerprint density at radius 1 is 1.06 bits per heavy atom. The van der Waals surface area contributed by atoms with Crippen LogP contribution in [0.2, 0.25) is 0 Å². The second-order valence-corrected chi connectivity index (χ2v) is 9.48. The lowest BCUT2D eigenvalue weighted by molar-refractivity contribution is -0.158. The minimum absolute atomic E-state index is 0.0197. The molecule has 3 aliphatic heterocycles. The zero-order chi connectivity index (χ0) is 23.9. The Kier molecular flexibility index (Phi) is 5.70. The van der Waals surface area contributed by atoms with Crippen LogP contribution in [-0.2, 0) is 20.7 Å². The summed E-state index contributed by atoms with van der Waals surface area (Å²) in [7, 11) is 1.64. The van der Waals surface area contributed by atoms with Gasteiger partial charge in [0.25, 0.3) is 0 Å². The van der Waals surface area contributed by atoms with Crippen LogP contribution in [0.1, 0.15) is 22.9 Å². The average Bonchev–Trinajstić information content (AvgIpc) is 3.27. The number of H-pyrrole nitrogens is 1. The zero-order valence-electron chi connectivity index (χ0n) is 19.9. The maximum Gasteiger partial charge on any atom is 0.246 e. The first-order valence-electron chi connectivity index (χ1n) is 12.3. The summed E-state index contributed by atoms with van der Waals surface area (Å²) in [6, 6.07) is 15.1. The summed E-state index contributed by atoms with van der Waals surface area (Å²) in [6.07, 6.45) is 0.512. The number of ether oxygens (including phenoxy) is 2. The van der Waals surface area contributed by atoms with Crippen molar-refractivity contribution in [2.75, 3.05) is 53.0 Å². The Bertz CT molecular complexity index is 1270. The number of aromatic nitrogens is 1. The molecule has 1 aromatic heterocycles. The molecule has 182 valence electrons. The standard InChI is InChI=1S/C27H30N4O4/c1-34-19-6-4-5-18(15-19)26-25-21(20-7-2-3-8-22(20)28-25)16-23-27(33)30(17-24(32)31(23)26)10-9-29-11-13-35-14-12-29/h2-8,15,23,26,28H,9-14,16-17H2,1H3/t23-,26?/m1/s1. The topological polar surface area (TPSA) is 78.1 Å². The molecule has 1 unspecified atom stereocenters. The number of piperazine rings is 1. The molecule has 2 atom stereocenters. The van der Waals surface area contributed by atoms with Crippen LogP contribution in [-0.4, -0.2) is 90.6 Å². The van der Waals surface area contributed by atoms with E-state index in [2.05, 4.69) is 16.0 Å². The van der Waals surface area contributed by atoms with Gasteiger partial charge in [0.05, 0.1) is 32.9 Å². The van der Waals surface area contributed by atoms with Gasteiger partial charge in [-0.15, -0.1) is 0 Å². The van der Waals surface area contributed by atoms with Gasteiger partial charge < -0.3 is 24.3 Å². The van der Waals surface area contributed by atoms with Crippen LogP contribution < -0.4 is 4.74 Å². The Hall–Kier alpha value is -3.36. The number of hydrogen-bond donors (Lipinski definition) is 1. The Balaban J connectivity index is 1.38. The molecular formula is C27H30N4O4. The van der Waals surface area contributed by atoms with E-state index in [0.29, 0.717) is 13.0 Å². The first kappa shape index (κ1) is 22.1. The fraction of sp³-hybridized carbons (Fsp3) is 0.407. The highest BCUT2D eigenvalue weighted by Gasteiger charge is 2.48. The number of carbonyl (C=O) groups excluding carboxylic acids is 2. The van der Waals surface area contributed by atoms with Crippen molar-refractivity contribution in [1.29, 1.82) is 0 Å². The SMILES string of the molecule is COc1cccc(C2c3[nH]c4ccccc4c3C[C@@H]3C(=O)N(CCN4CCOCC4)CC(=O)N23)c1. The fourth-order valence-corrected chi connectivity index (χ4v) is 5.76. The van der Waals surface area contributed by atoms with E-state index in [1.165, 1.54) is 0 Å². The van der Waals surface area contributed by atoms with Crippen molar-refractivity contribution in [3.8, 4) is 5.75 Å². The average molecular weight is 475 g/mol. The third-order valence-corrected chi connectivity index (χ3v) is 7.54. The summed E-state index contributed by atoms with van der Waals surface area (Å²) in [5.74, 6) is 0.737. The molecule has 2 amide bonds. The van der Waals surface area contributed by atoms with E-state index in [1.807, 2.05) is 42.5 Å². The number of para-hydroxylation sites is 1. The molecule has 4 heterocycles. The minimum Gasteiger partial charge on any atom is -0.497 e. The number of rotatable bonds is 5. The van der Waals surface area contributed by atoms with E-state index in [0.717, 1.165) is 66.3 Å². The van der Waals surface area contributed by atoms with Gasteiger partial charge >= 0.3 is 0 Å². The molecule has 0 spiro atoms. The second kappa shape index (κ2) is 9.02. The highest BCUT2D eigenvalue weighted by atomic mass is 16.5. The van der Waals surface area contributed by atoms with Crippen molar-refractivity contribution in [3.63, 3.8) is 0 Å². The molecule has 35 heavy (non-hydrogen) atoms. The predicted octanol–water partition coefficient (Wildman–Crippen LogP) is 2.19. The third-order valence-electron chi connectivity index (χ3n) is 7.54. The van der Waals surface area contributed by atoms with E-state index in [-0.39, 0.29) is 24.4 Å². The molecule has 1 N–H and O–H groups in total. The van der Waals surface area contributed by atoms with Crippen LogP contribution in [0.3, 0.4) is 0 Å². The van der Waals surface area contributed by atoms with Crippen molar-refractivity contribution in [2.45, 2.75) is 18.5 Å². The van der Waals surface area contributed by atoms with Crippen LogP contribution in [0.25, 0.3) is 10.9 Å². The molecular weight excluding hydrogens is 444 g/mol. The van der Waals surface area contributed by atoms with Gasteiger partial charge in [0, 0.05) is 49.2 Å². The van der Waals surface area contributed by atoms with Crippen LogP contribution in [0.5, 0.6) is 5.75 Å². The fourth-order valence-electron chi connectivity index (χ4n) is 5.76. The molecule has 2 fully saturated rings. The number of amides is 2. The van der Waals surface area contributed by atoms with Crippen molar-refractivity contribution in [1.82, 2.24) is 19.7 Å². The molecule has 0 bridgehead atoms. The molecule has 8 nitrogen and oxygen atoms in total. The number of aromatic amines is 1. The van der Waals surface area contributed by atoms with Crippen LogP contribution >= 0.6 is 0 Å². The quantitative estimate of drug-likeness (QED) is 0.614. The number of benzene rings is 2. The number of carbonyl (C=O) groups is 2. The smallest absolute Gasteiger partial charge is 0.246 e. The summed E-state index contributed by atoms with van der Waals surface area (Å²) in [4.78, 5) is 36.9. The Morgan fingerprint density at radius 2 is 1.89 bits per heavy atom. The lowest BCUT2D eigenvalue weighted by atomic mass is 9.86. The minimum atomic E-state index is -0.524. The predicted molar refractivity (Wildman–Crippen MR) is 131 cm³/mol. The largest absolute Gasteiger partial charge is 0.497 e. The normalized spacial score (nSPS) is 22.9. The highest BCUT2D eigenvalue weighted by molar-refractivity contribution is 5.97. The number of methoxy groups -OCH3 is 1. The second-order valence-electron chi connectivity index (χ2n) is 9.48. The molecule has 0 aliphatic carbocycles. The molecule has 3 aliphatic rings. The summed E-state index contributed by atoms with van der Waals surface area (Å²) < 4.78 is 10.9. The summed E-state index contributed by atoms with van der Waals surface area (Å²) in [6.45, 7) is 4.58. The van der Waals surface area contributed by atoms with Crippen LogP contribution in [0.4, 0.5) is 0 Å². The van der Waals surface area contributed by atoms with Gasteiger partial charge in [-0.3, -0.25) is 14.5 Å². The number of nitrogens with zero attached hydrogens (tertiary/aromatic N) is 3. The molecule has 2 aromatic carbocycles. The van der Waals surface area contributed by atoms with E-state index in [1.54, 1.807) is 16.9 Å². The van der Waals surface area contributed by atoms with Gasteiger partial charge in [0.2, 0.25) is 11.8 Å². The molecule has 0 saturated carbocycles. The van der Waals surface area contributed by atoms with Gasteiger partial charge in [-0.05, 0) is 29.3 Å².